The Balaban J connectivity index is 1.70. The van der Waals surface area contributed by atoms with E-state index in [0.29, 0.717) is 16.3 Å². The Morgan fingerprint density at radius 1 is 1.09 bits per heavy atom. The highest BCUT2D eigenvalue weighted by Crippen LogP contribution is 2.39. The lowest BCUT2D eigenvalue weighted by atomic mass is 10.1. The maximum atomic E-state index is 14.8. The van der Waals surface area contributed by atoms with E-state index in [2.05, 4.69) is 19.1 Å². The smallest absolute Gasteiger partial charge is 0.266 e. The molecule has 0 aliphatic heterocycles. The lowest BCUT2D eigenvalue weighted by Gasteiger charge is -2.14. The molecule has 13 heteroatoms. The van der Waals surface area contributed by atoms with Gasteiger partial charge in [0.15, 0.2) is 0 Å². The highest BCUT2D eigenvalue weighted by atomic mass is 35.5. The molecule has 0 unspecified atom stereocenters. The second kappa shape index (κ2) is 8.87. The van der Waals surface area contributed by atoms with Crippen LogP contribution in [0.2, 0.25) is 10.0 Å². The van der Waals surface area contributed by atoms with Crippen LogP contribution in [-0.2, 0) is 10.0 Å². The Morgan fingerprint density at radius 3 is 2.62 bits per heavy atom. The highest BCUT2D eigenvalue weighted by Gasteiger charge is 2.24. The minimum Gasteiger partial charge on any atom is -0.455 e. The summed E-state index contributed by atoms with van der Waals surface area (Å²) in [5.74, 6) is -0.628. The number of ether oxygens (including phenoxy) is 1. The fourth-order valence-corrected chi connectivity index (χ4v) is 4.88. The van der Waals surface area contributed by atoms with Gasteiger partial charge in [-0.05, 0) is 36.4 Å². The monoisotopic (exact) mass is 511 g/mol. The van der Waals surface area contributed by atoms with Crippen LogP contribution >= 0.6 is 34.7 Å². The summed E-state index contributed by atoms with van der Waals surface area (Å²) in [6.45, 7) is 0. The number of halogens is 3. The van der Waals surface area contributed by atoms with Gasteiger partial charge in [-0.1, -0.05) is 29.3 Å². The van der Waals surface area contributed by atoms with E-state index in [1.54, 1.807) is 36.4 Å². The van der Waals surface area contributed by atoms with Gasteiger partial charge >= 0.3 is 0 Å². The van der Waals surface area contributed by atoms with E-state index in [-0.39, 0.29) is 27.5 Å². The topological polar surface area (TPSA) is 120 Å². The quantitative estimate of drug-likeness (QED) is 0.363. The lowest BCUT2D eigenvalue weighted by molar-refractivity contribution is 0.475. The van der Waals surface area contributed by atoms with Gasteiger partial charge in [0, 0.05) is 28.2 Å². The first-order valence-electron chi connectivity index (χ1n) is 8.72. The van der Waals surface area contributed by atoms with Crippen molar-refractivity contribution in [3.05, 3.63) is 70.7 Å². The van der Waals surface area contributed by atoms with Crippen LogP contribution in [0.5, 0.6) is 11.5 Å². The van der Waals surface area contributed by atoms with E-state index in [1.165, 1.54) is 6.33 Å². The summed E-state index contributed by atoms with van der Waals surface area (Å²) in [5.41, 5.74) is 6.71. The molecule has 0 radical (unpaired) electrons. The van der Waals surface area contributed by atoms with Gasteiger partial charge in [0.1, 0.15) is 34.4 Å². The van der Waals surface area contributed by atoms with Crippen molar-refractivity contribution < 1.29 is 17.5 Å². The van der Waals surface area contributed by atoms with E-state index in [4.69, 9.17) is 33.7 Å². The third kappa shape index (κ3) is 4.75. The van der Waals surface area contributed by atoms with E-state index in [0.717, 1.165) is 23.7 Å². The number of nitrogens with one attached hydrogen (secondary N) is 1. The summed E-state index contributed by atoms with van der Waals surface area (Å²) in [6, 6.07) is 11.6. The van der Waals surface area contributed by atoms with Crippen LogP contribution in [0, 0.1) is 5.82 Å². The molecule has 0 spiro atoms. The predicted molar refractivity (Wildman–Crippen MR) is 121 cm³/mol. The van der Waals surface area contributed by atoms with Crippen molar-refractivity contribution in [1.82, 2.24) is 14.3 Å². The second-order valence-electron chi connectivity index (χ2n) is 6.26. The van der Waals surface area contributed by atoms with Crippen LogP contribution in [0.15, 0.2) is 59.8 Å². The van der Waals surface area contributed by atoms with Gasteiger partial charge in [-0.15, -0.1) is 0 Å². The second-order valence-corrected chi connectivity index (χ2v) is 9.53. The van der Waals surface area contributed by atoms with Gasteiger partial charge in [-0.3, -0.25) is 4.72 Å². The van der Waals surface area contributed by atoms with E-state index in [1.807, 2.05) is 0 Å². The average molecular weight is 512 g/mol. The number of sulfonamides is 1. The van der Waals surface area contributed by atoms with Gasteiger partial charge in [0.25, 0.3) is 10.0 Å². The molecule has 0 saturated carbocycles. The number of rotatable bonds is 6. The molecule has 4 aromatic rings. The van der Waals surface area contributed by atoms with Crippen LogP contribution in [0.1, 0.15) is 0 Å². The molecule has 0 bridgehead atoms. The predicted octanol–water partition coefficient (Wildman–Crippen LogP) is 5.22. The molecule has 0 aliphatic rings. The zero-order valence-electron chi connectivity index (χ0n) is 15.8. The molecule has 0 amide bonds. The number of anilines is 2. The van der Waals surface area contributed by atoms with Gasteiger partial charge < -0.3 is 10.5 Å². The van der Waals surface area contributed by atoms with Crippen molar-refractivity contribution >= 4 is 55.7 Å². The van der Waals surface area contributed by atoms with Crippen molar-refractivity contribution in [1.29, 1.82) is 0 Å². The number of hydrogen-bond donors (Lipinski definition) is 2. The molecule has 0 aliphatic carbocycles. The molecular weight excluding hydrogens is 500 g/mol. The number of pyridine rings is 1. The Labute approximate surface area is 196 Å². The van der Waals surface area contributed by atoms with E-state index in [9.17, 15) is 12.8 Å². The minimum absolute atomic E-state index is 0.0127. The molecule has 164 valence electrons. The minimum atomic E-state index is -4.29. The zero-order chi connectivity index (χ0) is 22.9. The maximum absolute atomic E-state index is 14.8. The normalized spacial score (nSPS) is 11.3. The average Bonchev–Trinajstić information content (AvgIpc) is 3.24. The van der Waals surface area contributed by atoms with E-state index < -0.39 is 20.7 Å². The fraction of sp³-hybridized carbons (Fsp3) is 0. The summed E-state index contributed by atoms with van der Waals surface area (Å²) in [7, 11) is -4.29. The van der Waals surface area contributed by atoms with Crippen molar-refractivity contribution in [2.24, 2.45) is 0 Å². The van der Waals surface area contributed by atoms with Crippen molar-refractivity contribution in [3.63, 3.8) is 0 Å². The Bertz CT molecular complexity index is 1400. The molecule has 4 rings (SSSR count). The van der Waals surface area contributed by atoms with Crippen molar-refractivity contribution in [2.45, 2.75) is 4.90 Å². The summed E-state index contributed by atoms with van der Waals surface area (Å²) in [4.78, 5) is 7.29. The molecule has 0 atom stereocenters. The summed E-state index contributed by atoms with van der Waals surface area (Å²) in [5, 5.41) is 0.268. The zero-order valence-corrected chi connectivity index (χ0v) is 18.9. The molecule has 3 N–H and O–H groups in total. The molecule has 2 aromatic heterocycles. The van der Waals surface area contributed by atoms with Crippen LogP contribution < -0.4 is 15.2 Å². The first kappa shape index (κ1) is 22.2. The SMILES string of the molecule is Nc1cccc(-c2cc(Cl)ccc2Oc2cc(F)c(S(=O)(=O)Nc3ncns3)cc2Cl)n1. The Hall–Kier alpha value is -2.99. The van der Waals surface area contributed by atoms with Crippen LogP contribution in [0.3, 0.4) is 0 Å². The third-order valence-electron chi connectivity index (χ3n) is 4.07. The first-order chi connectivity index (χ1) is 15.2. The van der Waals surface area contributed by atoms with Gasteiger partial charge in [0.2, 0.25) is 5.13 Å². The van der Waals surface area contributed by atoms with Gasteiger partial charge in [0.05, 0.1) is 10.7 Å². The molecule has 2 heterocycles. The number of nitrogen functional groups attached to an aromatic ring is 1. The van der Waals surface area contributed by atoms with Crippen LogP contribution in [0.4, 0.5) is 15.3 Å². The summed E-state index contributed by atoms with van der Waals surface area (Å²) < 4.78 is 51.4. The number of benzene rings is 2. The standard InChI is InChI=1S/C19H12Cl2FN5O3S2/c20-10-4-5-15(11(6-10)14-2-1-3-18(23)26-14)30-16-8-13(22)17(7-12(16)21)32(28,29)27-19-24-9-25-31-19/h1-9H,(H2,23,26)(H,24,25,27). The highest BCUT2D eigenvalue weighted by molar-refractivity contribution is 7.93. The lowest BCUT2D eigenvalue weighted by Crippen LogP contribution is -2.14. The molecule has 8 nitrogen and oxygen atoms in total. The largest absolute Gasteiger partial charge is 0.455 e. The molecule has 0 fully saturated rings. The molecule has 32 heavy (non-hydrogen) atoms. The molecule has 0 saturated heterocycles. The Kier molecular flexibility index (Phi) is 6.15. The number of nitrogens with two attached hydrogens (primary N) is 1. The summed E-state index contributed by atoms with van der Waals surface area (Å²) in [6.07, 6.45) is 1.17. The third-order valence-corrected chi connectivity index (χ3v) is 6.66. The Morgan fingerprint density at radius 2 is 1.91 bits per heavy atom. The maximum Gasteiger partial charge on any atom is 0.266 e. The fourth-order valence-electron chi connectivity index (χ4n) is 2.69. The van der Waals surface area contributed by atoms with E-state index >= 15 is 0 Å². The summed E-state index contributed by atoms with van der Waals surface area (Å²) >= 11 is 13.1. The molecular formula is C19H12Cl2FN5O3S2. The number of hydrogen-bond acceptors (Lipinski definition) is 8. The van der Waals surface area contributed by atoms with Crippen molar-refractivity contribution in [3.8, 4) is 22.8 Å². The van der Waals surface area contributed by atoms with Crippen LogP contribution in [0.25, 0.3) is 11.3 Å². The molecule has 2 aromatic carbocycles. The number of nitrogens with zero attached hydrogens (tertiary/aromatic N) is 3. The number of aromatic nitrogens is 3. The van der Waals surface area contributed by atoms with Gasteiger partial charge in [-0.2, -0.15) is 4.37 Å². The first-order valence-corrected chi connectivity index (χ1v) is 11.7. The van der Waals surface area contributed by atoms with Gasteiger partial charge in [-0.25, -0.2) is 22.8 Å². The van der Waals surface area contributed by atoms with Crippen molar-refractivity contribution in [2.75, 3.05) is 10.5 Å². The van der Waals surface area contributed by atoms with Crippen LogP contribution in [-0.4, -0.2) is 22.8 Å².